The van der Waals surface area contributed by atoms with Crippen molar-refractivity contribution in [2.45, 2.75) is 67.6 Å². The van der Waals surface area contributed by atoms with Crippen molar-refractivity contribution in [3.63, 3.8) is 0 Å². The van der Waals surface area contributed by atoms with E-state index < -0.39 is 100 Å². The molecule has 0 aliphatic carbocycles. The number of nitrogens with zero attached hydrogens (tertiary/aromatic N) is 6. The lowest BCUT2D eigenvalue weighted by Gasteiger charge is -2.39. The number of amides is 1. The van der Waals surface area contributed by atoms with E-state index in [2.05, 4.69) is 42.8 Å². The van der Waals surface area contributed by atoms with Crippen molar-refractivity contribution >= 4 is 66.8 Å². The maximum atomic E-state index is 13.5. The van der Waals surface area contributed by atoms with E-state index in [1.165, 1.54) is 28.5 Å². The Morgan fingerprint density at radius 3 is 2.51 bits per heavy atom. The summed E-state index contributed by atoms with van der Waals surface area (Å²) in [4.78, 5) is 41.4. The second-order valence-corrected chi connectivity index (χ2v) is 16.3. The molecule has 4 bridgehead atoms. The molecule has 0 saturated carbocycles. The highest BCUT2D eigenvalue weighted by atomic mass is 32.7. The maximum absolute atomic E-state index is 13.5. The average Bonchev–Trinajstić information content (AvgIpc) is 3.72. The number of thiol groups is 1. The number of anilines is 1. The van der Waals surface area contributed by atoms with E-state index in [4.69, 9.17) is 50.8 Å². The van der Waals surface area contributed by atoms with Gasteiger partial charge in [0.05, 0.1) is 25.9 Å². The number of hydrogen-bond donors (Lipinski definition) is 8. The molecule has 13 atom stereocenters. The first-order valence-corrected chi connectivity index (χ1v) is 18.6. The van der Waals surface area contributed by atoms with Gasteiger partial charge in [-0.2, -0.15) is 0 Å². The first-order chi connectivity index (χ1) is 21.3. The predicted molar refractivity (Wildman–Crippen MR) is 156 cm³/mol. The van der Waals surface area contributed by atoms with Crippen LogP contribution < -0.4 is 22.1 Å². The van der Waals surface area contributed by atoms with Gasteiger partial charge in [0.15, 0.2) is 30.0 Å². The minimum Gasteiger partial charge on any atom is -0.387 e. The molecule has 246 valence electrons. The first-order valence-electron chi connectivity index (χ1n) is 13.4. The first kappa shape index (κ1) is 31.7. The number of carbonyl (C=O) groups is 1. The van der Waals surface area contributed by atoms with Crippen molar-refractivity contribution < 1.29 is 52.0 Å². The molecule has 9 N–H and O–H groups in total. The van der Waals surface area contributed by atoms with Crippen molar-refractivity contribution in [1.29, 1.82) is 0 Å². The highest BCUT2D eigenvalue weighted by Gasteiger charge is 2.55. The van der Waals surface area contributed by atoms with E-state index in [1.54, 1.807) is 0 Å². The van der Waals surface area contributed by atoms with Gasteiger partial charge in [0.25, 0.3) is 5.91 Å². The molecule has 21 nitrogen and oxygen atoms in total. The number of nitrogens with one attached hydrogen (secondary N) is 2. The number of rotatable bonds is 2. The molecule has 4 fully saturated rings. The van der Waals surface area contributed by atoms with Crippen molar-refractivity contribution in [3.8, 4) is 0 Å². The van der Waals surface area contributed by atoms with Crippen molar-refractivity contribution in [3.05, 3.63) is 12.7 Å². The van der Waals surface area contributed by atoms with Gasteiger partial charge in [0, 0.05) is 0 Å². The molecule has 2 aromatic heterocycles. The second-order valence-electron chi connectivity index (χ2n) is 10.6. The molecule has 25 heteroatoms. The van der Waals surface area contributed by atoms with E-state index in [0.29, 0.717) is 0 Å². The summed E-state index contributed by atoms with van der Waals surface area (Å²) in [5, 5.41) is 27.9. The van der Waals surface area contributed by atoms with Crippen LogP contribution in [0.2, 0.25) is 0 Å². The van der Waals surface area contributed by atoms with Gasteiger partial charge >= 0.3 is 13.5 Å². The third kappa shape index (κ3) is 5.79. The van der Waals surface area contributed by atoms with Crippen molar-refractivity contribution in [2.75, 3.05) is 18.9 Å². The Balaban J connectivity index is 1.18. The van der Waals surface area contributed by atoms with Gasteiger partial charge in [-0.25, -0.2) is 19.5 Å². The molecule has 1 amide bonds. The number of ether oxygens (including phenoxy) is 2. The number of nitrogens with two attached hydrogens (primary N) is 2. The molecule has 4 saturated heterocycles. The predicted octanol–water partition coefficient (Wildman–Crippen LogP) is -3.18. The van der Waals surface area contributed by atoms with Crippen LogP contribution in [0.5, 0.6) is 0 Å². The number of carbonyl (C=O) groups excluding carboxylic acids is 1. The molecule has 45 heavy (non-hydrogen) atoms. The fraction of sp³-hybridized carbons (Fsp3) is 0.650. The molecule has 7 heterocycles. The van der Waals surface area contributed by atoms with E-state index in [0.717, 1.165) is 0 Å². The smallest absolute Gasteiger partial charge is 0.386 e. The lowest BCUT2D eigenvalue weighted by molar-refractivity contribution is -0.130. The third-order valence-electron chi connectivity index (χ3n) is 7.79. The SMILES string of the molecule is Nc1ncnc2c1ncn2[C@@H]1O[C@@H]2COP(O)(=S)O[C@@H]3[C@H](O)[C@@H](COP(=O)(S)O[C@@H]1[C@@H]2O)O[C@H]3N1C=NC2C(=O)NC(N)NC21. The number of aliphatic imine (C=N–C) groups is 1. The van der Waals surface area contributed by atoms with Crippen LogP contribution in [0.4, 0.5) is 5.82 Å². The number of fused-ring (bicyclic) bond motifs is 6. The summed E-state index contributed by atoms with van der Waals surface area (Å²) in [6.45, 7) is -9.61. The number of aliphatic hydroxyl groups is 2. The molecule has 5 unspecified atom stereocenters. The molecule has 0 radical (unpaired) electrons. The Kier molecular flexibility index (Phi) is 8.20. The van der Waals surface area contributed by atoms with Gasteiger partial charge in [-0.05, 0) is 11.8 Å². The van der Waals surface area contributed by atoms with Crippen LogP contribution in [0.1, 0.15) is 6.23 Å². The average molecular weight is 711 g/mol. The Morgan fingerprint density at radius 1 is 1.07 bits per heavy atom. The van der Waals surface area contributed by atoms with E-state index in [1.807, 2.05) is 0 Å². The fourth-order valence-corrected chi connectivity index (χ4v) is 8.58. The molecule has 0 spiro atoms. The fourth-order valence-electron chi connectivity index (χ4n) is 5.70. The second kappa shape index (κ2) is 11.6. The van der Waals surface area contributed by atoms with Crippen LogP contribution >= 0.6 is 25.8 Å². The van der Waals surface area contributed by atoms with Gasteiger partial charge in [0.2, 0.25) is 0 Å². The number of nitrogen functional groups attached to an aromatic ring is 1. The minimum absolute atomic E-state index is 0.0855. The van der Waals surface area contributed by atoms with Gasteiger partial charge in [-0.15, -0.1) is 0 Å². The summed E-state index contributed by atoms with van der Waals surface area (Å²) in [6.07, 6.45) is -8.66. The van der Waals surface area contributed by atoms with E-state index >= 15 is 0 Å². The van der Waals surface area contributed by atoms with E-state index in [-0.39, 0.29) is 17.0 Å². The summed E-state index contributed by atoms with van der Waals surface area (Å²) < 4.78 is 49.5. The molecule has 2 aromatic rings. The van der Waals surface area contributed by atoms with Crippen molar-refractivity contribution in [1.82, 2.24) is 35.1 Å². The van der Waals surface area contributed by atoms with Crippen LogP contribution in [0.25, 0.3) is 11.2 Å². The quantitative estimate of drug-likeness (QED) is 0.113. The topological polar surface area (TPSA) is 286 Å². The Hall–Kier alpha value is -1.92. The monoisotopic (exact) mass is 710 g/mol. The van der Waals surface area contributed by atoms with Crippen LogP contribution in [0.15, 0.2) is 17.6 Å². The number of aromatic nitrogens is 4. The summed E-state index contributed by atoms with van der Waals surface area (Å²) in [5.74, 6) is -0.364. The van der Waals surface area contributed by atoms with Gasteiger partial charge in [-0.1, -0.05) is 12.2 Å². The molecular weight excluding hydrogens is 682 g/mol. The lowest BCUT2D eigenvalue weighted by Crippen LogP contribution is -2.70. The highest BCUT2D eigenvalue weighted by Crippen LogP contribution is 2.58. The number of hydrogen-bond acceptors (Lipinski definition) is 19. The Bertz CT molecular complexity index is 1620. The molecule has 5 aliphatic rings. The van der Waals surface area contributed by atoms with Crippen molar-refractivity contribution in [2.24, 2.45) is 10.7 Å². The normalized spacial score (nSPS) is 45.4. The molecule has 5 aliphatic heterocycles. The largest absolute Gasteiger partial charge is 0.387 e. The van der Waals surface area contributed by atoms with Gasteiger partial charge in [0.1, 0.15) is 60.9 Å². The number of aliphatic hydroxyl groups excluding tert-OH is 2. The summed E-state index contributed by atoms with van der Waals surface area (Å²) >= 11 is 9.35. The van der Waals surface area contributed by atoms with Crippen LogP contribution in [0.3, 0.4) is 0 Å². The third-order valence-corrected chi connectivity index (χ3v) is 11.0. The van der Waals surface area contributed by atoms with Crippen LogP contribution in [-0.4, -0.2) is 126 Å². The molecule has 0 aromatic carbocycles. The number of imidazole rings is 1. The van der Waals surface area contributed by atoms with Crippen LogP contribution in [0, 0.1) is 0 Å². The zero-order valence-electron chi connectivity index (χ0n) is 22.7. The Morgan fingerprint density at radius 2 is 1.76 bits per heavy atom. The molecule has 7 rings (SSSR count). The summed E-state index contributed by atoms with van der Waals surface area (Å²) in [7, 11) is 0. The summed E-state index contributed by atoms with van der Waals surface area (Å²) in [5.41, 5.74) is 12.2. The zero-order valence-corrected chi connectivity index (χ0v) is 26.2. The van der Waals surface area contributed by atoms with Gasteiger partial charge in [-0.3, -0.25) is 39.0 Å². The Labute approximate surface area is 263 Å². The maximum Gasteiger partial charge on any atom is 0.386 e. The lowest BCUT2D eigenvalue weighted by atomic mass is 10.1. The standard InChI is InChI=1S/C20H28N10O11P2S2/c21-14-8-15(24-3-23-14)29(4-25-8)18-12-10(31)6(38-18)1-36-43(35,45)41-13-11(32)7(2-37-42(34,44)40-12)39-19(13)30-5-26-9-16(30)27-20(22)28-17(9)33/h3-7,9-13,16,18-20,27,31-32H,1-2,22H2,(H,28,33)(H,34,44)(H,35,45)(H2,21,23,24)/t6-,7-,9?,10-,11-,12-,13-,16?,18-,19-,20?,42?,43?/m1/s1. The zero-order chi connectivity index (χ0) is 31.8. The van der Waals surface area contributed by atoms with E-state index in [9.17, 15) is 24.5 Å². The summed E-state index contributed by atoms with van der Waals surface area (Å²) in [6, 6.07) is -0.909. The minimum atomic E-state index is -4.32. The highest BCUT2D eigenvalue weighted by molar-refractivity contribution is 8.44. The molecular formula is C20H28N10O11P2S2. The van der Waals surface area contributed by atoms with Crippen LogP contribution in [-0.2, 0) is 48.7 Å². The van der Waals surface area contributed by atoms with Gasteiger partial charge < -0.3 is 45.1 Å².